The SMILES string of the molecule is CNC(=O)c1cnc2ccc(-c3ccc(C(=O)O)cc3)cc2c1Nc1ccccc1. The topological polar surface area (TPSA) is 91.3 Å². The third kappa shape index (κ3) is 3.71. The normalized spacial score (nSPS) is 10.6. The number of nitrogens with zero attached hydrogens (tertiary/aromatic N) is 1. The van der Waals surface area contributed by atoms with E-state index in [1.165, 1.54) is 0 Å². The first kappa shape index (κ1) is 19.1. The molecule has 4 aromatic rings. The Bertz CT molecular complexity index is 1240. The minimum absolute atomic E-state index is 0.231. The van der Waals surface area contributed by atoms with Gasteiger partial charge >= 0.3 is 5.97 Å². The Morgan fingerprint density at radius 1 is 0.900 bits per heavy atom. The van der Waals surface area contributed by atoms with Crippen LogP contribution in [0.3, 0.4) is 0 Å². The van der Waals surface area contributed by atoms with E-state index in [2.05, 4.69) is 15.6 Å². The van der Waals surface area contributed by atoms with Gasteiger partial charge in [-0.2, -0.15) is 0 Å². The molecule has 1 aromatic heterocycles. The van der Waals surface area contributed by atoms with E-state index in [9.17, 15) is 9.59 Å². The number of para-hydroxylation sites is 1. The van der Waals surface area contributed by atoms with Gasteiger partial charge in [-0.3, -0.25) is 9.78 Å². The van der Waals surface area contributed by atoms with Gasteiger partial charge in [0.15, 0.2) is 0 Å². The first-order valence-corrected chi connectivity index (χ1v) is 9.37. The Labute approximate surface area is 173 Å². The van der Waals surface area contributed by atoms with Crippen LogP contribution in [-0.2, 0) is 0 Å². The van der Waals surface area contributed by atoms with Crippen molar-refractivity contribution in [1.29, 1.82) is 0 Å². The van der Waals surface area contributed by atoms with Crippen molar-refractivity contribution in [2.75, 3.05) is 12.4 Å². The van der Waals surface area contributed by atoms with Crippen LogP contribution in [0.2, 0.25) is 0 Å². The first-order chi connectivity index (χ1) is 14.6. The number of hydrogen-bond donors (Lipinski definition) is 3. The zero-order chi connectivity index (χ0) is 21.1. The third-order valence-corrected chi connectivity index (χ3v) is 4.85. The molecule has 0 aliphatic carbocycles. The summed E-state index contributed by atoms with van der Waals surface area (Å²) in [5.41, 5.74) is 4.69. The first-order valence-electron chi connectivity index (χ1n) is 9.37. The average Bonchev–Trinajstić information content (AvgIpc) is 2.79. The molecule has 3 N–H and O–H groups in total. The molecule has 0 saturated carbocycles. The van der Waals surface area contributed by atoms with Gasteiger partial charge in [-0.05, 0) is 47.5 Å². The third-order valence-electron chi connectivity index (χ3n) is 4.85. The summed E-state index contributed by atoms with van der Waals surface area (Å²) in [6.07, 6.45) is 1.56. The zero-order valence-corrected chi connectivity index (χ0v) is 16.2. The number of rotatable bonds is 5. The second-order valence-corrected chi connectivity index (χ2v) is 6.73. The molecule has 148 valence electrons. The van der Waals surface area contributed by atoms with Gasteiger partial charge in [0.25, 0.3) is 5.91 Å². The van der Waals surface area contributed by atoms with Gasteiger partial charge < -0.3 is 15.7 Å². The van der Waals surface area contributed by atoms with Gasteiger partial charge in [0, 0.05) is 24.3 Å². The molecule has 6 nitrogen and oxygen atoms in total. The molecular weight excluding hydrogens is 378 g/mol. The van der Waals surface area contributed by atoms with E-state index >= 15 is 0 Å². The van der Waals surface area contributed by atoms with E-state index < -0.39 is 5.97 Å². The van der Waals surface area contributed by atoms with E-state index in [1.807, 2.05) is 48.5 Å². The number of fused-ring (bicyclic) bond motifs is 1. The fourth-order valence-electron chi connectivity index (χ4n) is 3.28. The number of pyridine rings is 1. The molecule has 6 heteroatoms. The van der Waals surface area contributed by atoms with Crippen LogP contribution < -0.4 is 10.6 Å². The monoisotopic (exact) mass is 397 g/mol. The number of amides is 1. The number of carbonyl (C=O) groups is 2. The lowest BCUT2D eigenvalue weighted by atomic mass is 10.00. The highest BCUT2D eigenvalue weighted by atomic mass is 16.4. The van der Waals surface area contributed by atoms with Crippen LogP contribution in [0.4, 0.5) is 11.4 Å². The molecule has 0 radical (unpaired) electrons. The quantitative estimate of drug-likeness (QED) is 0.454. The lowest BCUT2D eigenvalue weighted by Gasteiger charge is -2.15. The van der Waals surface area contributed by atoms with Gasteiger partial charge in [0.05, 0.1) is 22.3 Å². The van der Waals surface area contributed by atoms with Crippen LogP contribution >= 0.6 is 0 Å². The highest BCUT2D eigenvalue weighted by Crippen LogP contribution is 2.32. The van der Waals surface area contributed by atoms with Crippen LogP contribution in [-0.4, -0.2) is 29.0 Å². The molecule has 0 aliphatic rings. The molecule has 0 bridgehead atoms. The van der Waals surface area contributed by atoms with Crippen molar-refractivity contribution in [2.45, 2.75) is 0 Å². The minimum atomic E-state index is -0.964. The van der Waals surface area contributed by atoms with Gasteiger partial charge in [0.1, 0.15) is 0 Å². The Hall–Kier alpha value is -4.19. The Morgan fingerprint density at radius 2 is 1.60 bits per heavy atom. The second kappa shape index (κ2) is 8.05. The van der Waals surface area contributed by atoms with E-state index in [-0.39, 0.29) is 11.5 Å². The fraction of sp³-hybridized carbons (Fsp3) is 0.0417. The van der Waals surface area contributed by atoms with Crippen molar-refractivity contribution < 1.29 is 14.7 Å². The number of carboxylic acid groups (broad SMARTS) is 1. The summed E-state index contributed by atoms with van der Waals surface area (Å²) in [7, 11) is 1.58. The summed E-state index contributed by atoms with van der Waals surface area (Å²) < 4.78 is 0. The maximum atomic E-state index is 12.5. The summed E-state index contributed by atoms with van der Waals surface area (Å²) in [5.74, 6) is -1.20. The molecule has 0 atom stereocenters. The Kier molecular flexibility index (Phi) is 5.13. The van der Waals surface area contributed by atoms with Gasteiger partial charge in [-0.25, -0.2) is 4.79 Å². The molecule has 1 heterocycles. The number of aromatic carboxylic acids is 1. The van der Waals surface area contributed by atoms with Crippen LogP contribution in [0.15, 0.2) is 79.0 Å². The highest BCUT2D eigenvalue weighted by Gasteiger charge is 2.16. The molecule has 0 unspecified atom stereocenters. The number of anilines is 2. The summed E-state index contributed by atoms with van der Waals surface area (Å²) in [5, 5.41) is 15.9. The van der Waals surface area contributed by atoms with Crippen molar-refractivity contribution in [3.05, 3.63) is 90.1 Å². The van der Waals surface area contributed by atoms with Crippen LogP contribution in [0.1, 0.15) is 20.7 Å². The fourth-order valence-corrected chi connectivity index (χ4v) is 3.28. The van der Waals surface area contributed by atoms with Crippen molar-refractivity contribution in [1.82, 2.24) is 10.3 Å². The lowest BCUT2D eigenvalue weighted by Crippen LogP contribution is -2.19. The summed E-state index contributed by atoms with van der Waals surface area (Å²) in [4.78, 5) is 28.0. The van der Waals surface area contributed by atoms with E-state index in [1.54, 1.807) is 37.5 Å². The largest absolute Gasteiger partial charge is 0.478 e. The smallest absolute Gasteiger partial charge is 0.335 e. The van der Waals surface area contributed by atoms with Crippen LogP contribution in [0.5, 0.6) is 0 Å². The van der Waals surface area contributed by atoms with E-state index in [4.69, 9.17) is 5.11 Å². The van der Waals surface area contributed by atoms with Crippen molar-refractivity contribution >= 4 is 34.2 Å². The van der Waals surface area contributed by atoms with E-state index in [0.717, 1.165) is 27.7 Å². The standard InChI is InChI=1S/C24H19N3O3/c1-25-23(28)20-14-26-21-12-11-17(15-7-9-16(10-8-15)24(29)30)13-19(21)22(20)27-18-5-3-2-4-6-18/h2-14H,1H3,(H,25,28)(H,26,27)(H,29,30). The summed E-state index contributed by atoms with van der Waals surface area (Å²) in [6.45, 7) is 0. The molecule has 0 aliphatic heterocycles. The number of aromatic nitrogens is 1. The van der Waals surface area contributed by atoms with Gasteiger partial charge in [-0.15, -0.1) is 0 Å². The predicted molar refractivity (Wildman–Crippen MR) is 117 cm³/mol. The van der Waals surface area contributed by atoms with Gasteiger partial charge in [-0.1, -0.05) is 36.4 Å². The number of benzene rings is 3. The van der Waals surface area contributed by atoms with Crippen molar-refractivity contribution in [2.24, 2.45) is 0 Å². The molecule has 3 aromatic carbocycles. The van der Waals surface area contributed by atoms with E-state index in [0.29, 0.717) is 11.3 Å². The maximum Gasteiger partial charge on any atom is 0.335 e. The minimum Gasteiger partial charge on any atom is -0.478 e. The molecule has 0 fully saturated rings. The molecule has 0 spiro atoms. The molecule has 1 amide bonds. The molecular formula is C24H19N3O3. The summed E-state index contributed by atoms with van der Waals surface area (Å²) >= 11 is 0. The van der Waals surface area contributed by atoms with Gasteiger partial charge in [0.2, 0.25) is 0 Å². The molecule has 0 saturated heterocycles. The predicted octanol–water partition coefficient (Wildman–Crippen LogP) is 4.70. The maximum absolute atomic E-state index is 12.5. The number of carbonyl (C=O) groups excluding carboxylic acids is 1. The second-order valence-electron chi connectivity index (χ2n) is 6.73. The number of nitrogens with one attached hydrogen (secondary N) is 2. The molecule has 30 heavy (non-hydrogen) atoms. The van der Waals surface area contributed by atoms with Crippen molar-refractivity contribution in [3.63, 3.8) is 0 Å². The average molecular weight is 397 g/mol. The highest BCUT2D eigenvalue weighted by molar-refractivity contribution is 6.08. The Balaban J connectivity index is 1.87. The number of hydrogen-bond acceptors (Lipinski definition) is 4. The van der Waals surface area contributed by atoms with Crippen LogP contribution in [0, 0.1) is 0 Å². The lowest BCUT2D eigenvalue weighted by molar-refractivity contribution is 0.0696. The van der Waals surface area contributed by atoms with Crippen LogP contribution in [0.25, 0.3) is 22.0 Å². The number of carboxylic acids is 1. The zero-order valence-electron chi connectivity index (χ0n) is 16.2. The summed E-state index contributed by atoms with van der Waals surface area (Å²) in [6, 6.07) is 22.1. The Morgan fingerprint density at radius 3 is 2.27 bits per heavy atom. The van der Waals surface area contributed by atoms with Crippen molar-refractivity contribution in [3.8, 4) is 11.1 Å². The molecule has 4 rings (SSSR count).